The molecule has 1 saturated carbocycles. The van der Waals surface area contributed by atoms with E-state index in [2.05, 4.69) is 29.6 Å². The second-order valence-electron chi connectivity index (χ2n) is 5.98. The van der Waals surface area contributed by atoms with Crippen molar-refractivity contribution in [2.45, 2.75) is 38.0 Å². The molecule has 22 heavy (non-hydrogen) atoms. The molecule has 0 aliphatic heterocycles. The van der Waals surface area contributed by atoms with Crippen LogP contribution in [0.15, 0.2) is 30.3 Å². The van der Waals surface area contributed by atoms with Gasteiger partial charge in [-0.05, 0) is 43.1 Å². The third-order valence-corrected chi connectivity index (χ3v) is 4.57. The fourth-order valence-corrected chi connectivity index (χ4v) is 3.25. The number of nitrogens with one attached hydrogen (secondary N) is 1. The second-order valence-corrected chi connectivity index (χ2v) is 5.98. The zero-order chi connectivity index (χ0) is 15.9. The van der Waals surface area contributed by atoms with Crippen molar-refractivity contribution in [1.82, 2.24) is 5.32 Å². The van der Waals surface area contributed by atoms with Crippen LogP contribution in [-0.4, -0.2) is 18.7 Å². The SMILES string of the molecule is CNC(=O)[C@H](C#N)C(=O)CC1CCC(c2ccccc2)CC1. The molecule has 0 spiro atoms. The molecule has 0 heterocycles. The predicted octanol–water partition coefficient (Wildman–Crippen LogP) is 2.81. The van der Waals surface area contributed by atoms with E-state index >= 15 is 0 Å². The Morgan fingerprint density at radius 1 is 1.23 bits per heavy atom. The molecular weight excluding hydrogens is 276 g/mol. The van der Waals surface area contributed by atoms with E-state index in [1.54, 1.807) is 0 Å². The molecule has 4 nitrogen and oxygen atoms in total. The molecule has 1 N–H and O–H groups in total. The van der Waals surface area contributed by atoms with Gasteiger partial charge in [-0.2, -0.15) is 5.26 Å². The summed E-state index contributed by atoms with van der Waals surface area (Å²) in [6.07, 6.45) is 4.44. The fraction of sp³-hybridized carbons (Fsp3) is 0.500. The molecule has 0 unspecified atom stereocenters. The van der Waals surface area contributed by atoms with Crippen LogP contribution < -0.4 is 5.32 Å². The second kappa shape index (κ2) is 7.74. The van der Waals surface area contributed by atoms with Gasteiger partial charge in [-0.15, -0.1) is 0 Å². The summed E-state index contributed by atoms with van der Waals surface area (Å²) in [6.45, 7) is 0. The first-order chi connectivity index (χ1) is 10.7. The van der Waals surface area contributed by atoms with Crippen LogP contribution in [0.2, 0.25) is 0 Å². The highest BCUT2D eigenvalue weighted by molar-refractivity contribution is 6.03. The molecule has 0 saturated heterocycles. The summed E-state index contributed by atoms with van der Waals surface area (Å²) in [5.41, 5.74) is 1.37. The van der Waals surface area contributed by atoms with Crippen molar-refractivity contribution in [3.05, 3.63) is 35.9 Å². The first-order valence-electron chi connectivity index (χ1n) is 7.84. The Morgan fingerprint density at radius 2 is 1.86 bits per heavy atom. The number of nitrogens with zero attached hydrogens (tertiary/aromatic N) is 1. The number of hydrogen-bond donors (Lipinski definition) is 1. The lowest BCUT2D eigenvalue weighted by Gasteiger charge is -2.28. The van der Waals surface area contributed by atoms with E-state index in [1.165, 1.54) is 12.6 Å². The van der Waals surface area contributed by atoms with Crippen LogP contribution in [0.4, 0.5) is 0 Å². The minimum absolute atomic E-state index is 0.245. The van der Waals surface area contributed by atoms with Gasteiger partial charge >= 0.3 is 0 Å². The summed E-state index contributed by atoms with van der Waals surface area (Å²) in [4.78, 5) is 23.6. The lowest BCUT2D eigenvalue weighted by atomic mass is 9.76. The Kier molecular flexibility index (Phi) is 5.71. The van der Waals surface area contributed by atoms with E-state index < -0.39 is 11.8 Å². The Balaban J connectivity index is 1.86. The Hall–Kier alpha value is -2.15. The molecular formula is C18H22N2O2. The van der Waals surface area contributed by atoms with Crippen molar-refractivity contribution in [1.29, 1.82) is 5.26 Å². The van der Waals surface area contributed by atoms with Crippen LogP contribution in [0, 0.1) is 23.2 Å². The molecule has 1 amide bonds. The zero-order valence-electron chi connectivity index (χ0n) is 12.9. The number of ketones is 1. The van der Waals surface area contributed by atoms with Crippen LogP contribution in [0.25, 0.3) is 0 Å². The van der Waals surface area contributed by atoms with E-state index in [1.807, 2.05) is 12.1 Å². The van der Waals surface area contributed by atoms with Gasteiger partial charge in [0.1, 0.15) is 0 Å². The summed E-state index contributed by atoms with van der Waals surface area (Å²) in [7, 11) is 1.45. The van der Waals surface area contributed by atoms with Gasteiger partial charge < -0.3 is 5.32 Å². The average Bonchev–Trinajstić information content (AvgIpc) is 2.56. The highest BCUT2D eigenvalue weighted by atomic mass is 16.2. The van der Waals surface area contributed by atoms with Crippen molar-refractivity contribution in [3.8, 4) is 6.07 Å². The molecule has 0 aromatic heterocycles. The Morgan fingerprint density at radius 3 is 2.41 bits per heavy atom. The van der Waals surface area contributed by atoms with Gasteiger partial charge in [0.2, 0.25) is 5.91 Å². The molecule has 1 aromatic rings. The highest BCUT2D eigenvalue weighted by Gasteiger charge is 2.30. The highest BCUT2D eigenvalue weighted by Crippen LogP contribution is 2.37. The van der Waals surface area contributed by atoms with Crippen molar-refractivity contribution in [2.75, 3.05) is 7.05 Å². The molecule has 1 aliphatic carbocycles. The van der Waals surface area contributed by atoms with Crippen LogP contribution in [0.5, 0.6) is 0 Å². The van der Waals surface area contributed by atoms with Crippen molar-refractivity contribution in [3.63, 3.8) is 0 Å². The summed E-state index contributed by atoms with van der Waals surface area (Å²) < 4.78 is 0. The summed E-state index contributed by atoms with van der Waals surface area (Å²) in [6, 6.07) is 12.3. The van der Waals surface area contributed by atoms with Crippen molar-refractivity contribution < 1.29 is 9.59 Å². The van der Waals surface area contributed by atoms with Crippen LogP contribution in [-0.2, 0) is 9.59 Å². The van der Waals surface area contributed by atoms with E-state index in [4.69, 9.17) is 5.26 Å². The largest absolute Gasteiger partial charge is 0.358 e. The molecule has 0 radical (unpaired) electrons. The number of nitriles is 1. The fourth-order valence-electron chi connectivity index (χ4n) is 3.25. The maximum absolute atomic E-state index is 12.1. The van der Waals surface area contributed by atoms with Crippen LogP contribution >= 0.6 is 0 Å². The molecule has 116 valence electrons. The van der Waals surface area contributed by atoms with Gasteiger partial charge in [0.15, 0.2) is 11.7 Å². The molecule has 0 bridgehead atoms. The van der Waals surface area contributed by atoms with Gasteiger partial charge in [-0.1, -0.05) is 30.3 Å². The summed E-state index contributed by atoms with van der Waals surface area (Å²) >= 11 is 0. The maximum Gasteiger partial charge on any atom is 0.244 e. The number of carbonyl (C=O) groups is 2. The number of amides is 1. The molecule has 1 aliphatic rings. The number of hydrogen-bond acceptors (Lipinski definition) is 3. The maximum atomic E-state index is 12.1. The van der Waals surface area contributed by atoms with Crippen molar-refractivity contribution >= 4 is 11.7 Å². The monoisotopic (exact) mass is 298 g/mol. The Labute approximate surface area is 131 Å². The van der Waals surface area contributed by atoms with Gasteiger partial charge in [0.25, 0.3) is 0 Å². The lowest BCUT2D eigenvalue weighted by Crippen LogP contribution is -2.33. The summed E-state index contributed by atoms with van der Waals surface area (Å²) in [5.74, 6) is -1.03. The third kappa shape index (κ3) is 3.94. The molecule has 1 atom stereocenters. The average molecular weight is 298 g/mol. The quantitative estimate of drug-likeness (QED) is 0.850. The molecule has 4 heteroatoms. The first-order valence-corrected chi connectivity index (χ1v) is 7.84. The van der Waals surface area contributed by atoms with E-state index in [0.717, 1.165) is 25.7 Å². The lowest BCUT2D eigenvalue weighted by molar-refractivity contribution is -0.132. The standard InChI is InChI=1S/C18H22N2O2/c1-20-18(22)16(12-19)17(21)11-13-7-9-15(10-8-13)14-5-3-2-4-6-14/h2-6,13,15-16H,7-11H2,1H3,(H,20,22)/t13?,15?,16-/m1/s1. The van der Waals surface area contributed by atoms with Gasteiger partial charge in [0.05, 0.1) is 6.07 Å². The number of carbonyl (C=O) groups excluding carboxylic acids is 2. The number of benzene rings is 1. The smallest absolute Gasteiger partial charge is 0.244 e. The Bertz CT molecular complexity index is 554. The van der Waals surface area contributed by atoms with E-state index in [-0.39, 0.29) is 5.78 Å². The third-order valence-electron chi connectivity index (χ3n) is 4.57. The van der Waals surface area contributed by atoms with Gasteiger partial charge in [-0.25, -0.2) is 0 Å². The topological polar surface area (TPSA) is 70.0 Å². The molecule has 2 rings (SSSR count). The zero-order valence-corrected chi connectivity index (χ0v) is 12.9. The molecule has 1 aromatic carbocycles. The molecule has 1 fully saturated rings. The van der Waals surface area contributed by atoms with Gasteiger partial charge in [0, 0.05) is 13.5 Å². The number of rotatable bonds is 5. The number of Topliss-reactive ketones (excluding diaryl/α,β-unsaturated/α-hetero) is 1. The van der Waals surface area contributed by atoms with E-state index in [9.17, 15) is 9.59 Å². The van der Waals surface area contributed by atoms with E-state index in [0.29, 0.717) is 18.3 Å². The van der Waals surface area contributed by atoms with Crippen molar-refractivity contribution in [2.24, 2.45) is 11.8 Å². The van der Waals surface area contributed by atoms with Crippen LogP contribution in [0.1, 0.15) is 43.6 Å². The van der Waals surface area contributed by atoms with Gasteiger partial charge in [-0.3, -0.25) is 9.59 Å². The minimum Gasteiger partial charge on any atom is -0.358 e. The first kappa shape index (κ1) is 16.2. The summed E-state index contributed by atoms with van der Waals surface area (Å²) in [5, 5.41) is 11.4. The predicted molar refractivity (Wildman–Crippen MR) is 83.9 cm³/mol. The van der Waals surface area contributed by atoms with Crippen LogP contribution in [0.3, 0.4) is 0 Å². The minimum atomic E-state index is -1.16. The normalized spacial score (nSPS) is 22.4.